The van der Waals surface area contributed by atoms with Crippen molar-refractivity contribution in [3.05, 3.63) is 64.7 Å². The van der Waals surface area contributed by atoms with E-state index in [1.807, 2.05) is 32.0 Å². The topological polar surface area (TPSA) is 67.4 Å². The summed E-state index contributed by atoms with van der Waals surface area (Å²) in [4.78, 5) is 24.6. The minimum absolute atomic E-state index is 0.197. The molecule has 0 aliphatic carbocycles. The van der Waals surface area contributed by atoms with Crippen LogP contribution >= 0.6 is 0 Å². The molecule has 0 unspecified atom stereocenters. The summed E-state index contributed by atoms with van der Waals surface area (Å²) in [6, 6.07) is 12.5. The third-order valence-corrected chi connectivity index (χ3v) is 3.96. The fourth-order valence-electron chi connectivity index (χ4n) is 2.34. The van der Waals surface area contributed by atoms with E-state index in [4.69, 9.17) is 4.74 Å². The Kier molecular flexibility index (Phi) is 6.71. The first-order valence-electron chi connectivity index (χ1n) is 8.27. The molecule has 0 aliphatic rings. The molecule has 0 heterocycles. The van der Waals surface area contributed by atoms with E-state index in [-0.39, 0.29) is 11.8 Å². The third-order valence-electron chi connectivity index (χ3n) is 3.96. The molecule has 0 aromatic heterocycles. The summed E-state index contributed by atoms with van der Waals surface area (Å²) in [5.74, 6) is -0.436. The van der Waals surface area contributed by atoms with E-state index < -0.39 is 0 Å². The van der Waals surface area contributed by atoms with Gasteiger partial charge in [-0.2, -0.15) is 0 Å². The molecular weight excluding hydrogens is 316 g/mol. The Balaban J connectivity index is 2.03. The van der Waals surface area contributed by atoms with E-state index in [1.165, 1.54) is 5.56 Å². The van der Waals surface area contributed by atoms with Gasteiger partial charge in [0.25, 0.3) is 11.8 Å². The first kappa shape index (κ1) is 18.7. The van der Waals surface area contributed by atoms with Gasteiger partial charge in [0.15, 0.2) is 0 Å². The SMILES string of the molecule is COCCCNC(=O)c1cccc(C(=O)Nc2ccc(C)c(C)c2)c1. The number of hydrogen-bond acceptors (Lipinski definition) is 3. The molecule has 0 spiro atoms. The van der Waals surface area contributed by atoms with E-state index >= 15 is 0 Å². The molecule has 0 radical (unpaired) electrons. The van der Waals surface area contributed by atoms with E-state index in [9.17, 15) is 9.59 Å². The van der Waals surface area contributed by atoms with Gasteiger partial charge in [0.1, 0.15) is 0 Å². The Morgan fingerprint density at radius 2 is 1.68 bits per heavy atom. The second-order valence-electron chi connectivity index (χ2n) is 5.94. The molecule has 0 aliphatic heterocycles. The van der Waals surface area contributed by atoms with E-state index in [0.29, 0.717) is 24.3 Å². The first-order chi connectivity index (χ1) is 12.0. The normalized spacial score (nSPS) is 10.4. The summed E-state index contributed by atoms with van der Waals surface area (Å²) in [5.41, 5.74) is 3.93. The highest BCUT2D eigenvalue weighted by molar-refractivity contribution is 6.06. The van der Waals surface area contributed by atoms with Crippen LogP contribution in [0.4, 0.5) is 5.69 Å². The van der Waals surface area contributed by atoms with Gasteiger partial charge in [-0.3, -0.25) is 9.59 Å². The van der Waals surface area contributed by atoms with Crippen molar-refractivity contribution in [2.75, 3.05) is 25.6 Å². The predicted molar refractivity (Wildman–Crippen MR) is 99.1 cm³/mol. The average Bonchev–Trinajstić information content (AvgIpc) is 2.62. The van der Waals surface area contributed by atoms with Gasteiger partial charge in [-0.1, -0.05) is 12.1 Å². The Morgan fingerprint density at radius 1 is 0.960 bits per heavy atom. The largest absolute Gasteiger partial charge is 0.385 e. The molecule has 0 bridgehead atoms. The highest BCUT2D eigenvalue weighted by atomic mass is 16.5. The number of ether oxygens (including phenoxy) is 1. The zero-order chi connectivity index (χ0) is 18.2. The molecule has 0 fully saturated rings. The summed E-state index contributed by atoms with van der Waals surface area (Å²) in [7, 11) is 1.62. The number of methoxy groups -OCH3 is 1. The van der Waals surface area contributed by atoms with Gasteiger partial charge in [-0.05, 0) is 61.7 Å². The standard InChI is InChI=1S/C20H24N2O3/c1-14-8-9-18(12-15(14)2)22-20(24)17-7-4-6-16(13-17)19(23)21-10-5-11-25-3/h4,6-9,12-13H,5,10-11H2,1-3H3,(H,21,23)(H,22,24). The molecule has 0 saturated carbocycles. The molecule has 0 atom stereocenters. The lowest BCUT2D eigenvalue weighted by Crippen LogP contribution is -2.25. The van der Waals surface area contributed by atoms with Gasteiger partial charge in [-0.15, -0.1) is 0 Å². The monoisotopic (exact) mass is 340 g/mol. The van der Waals surface area contributed by atoms with Crippen LogP contribution in [0.5, 0.6) is 0 Å². The first-order valence-corrected chi connectivity index (χ1v) is 8.27. The minimum Gasteiger partial charge on any atom is -0.385 e. The van der Waals surface area contributed by atoms with Gasteiger partial charge in [0.2, 0.25) is 0 Å². The number of amides is 2. The van der Waals surface area contributed by atoms with E-state index in [1.54, 1.807) is 31.4 Å². The zero-order valence-electron chi connectivity index (χ0n) is 14.9. The minimum atomic E-state index is -0.239. The summed E-state index contributed by atoms with van der Waals surface area (Å²) in [5, 5.41) is 5.68. The zero-order valence-corrected chi connectivity index (χ0v) is 14.9. The summed E-state index contributed by atoms with van der Waals surface area (Å²) < 4.78 is 4.95. The van der Waals surface area contributed by atoms with Crippen molar-refractivity contribution in [2.24, 2.45) is 0 Å². The highest BCUT2D eigenvalue weighted by Gasteiger charge is 2.11. The van der Waals surface area contributed by atoms with E-state index in [0.717, 1.165) is 17.7 Å². The average molecular weight is 340 g/mol. The van der Waals surface area contributed by atoms with Crippen LogP contribution in [0.15, 0.2) is 42.5 Å². The van der Waals surface area contributed by atoms with Crippen LogP contribution in [0.25, 0.3) is 0 Å². The molecule has 5 nitrogen and oxygen atoms in total. The van der Waals surface area contributed by atoms with Gasteiger partial charge in [0, 0.05) is 37.1 Å². The number of hydrogen-bond donors (Lipinski definition) is 2. The molecule has 5 heteroatoms. The lowest BCUT2D eigenvalue weighted by atomic mass is 10.1. The van der Waals surface area contributed by atoms with Crippen LogP contribution in [0.1, 0.15) is 38.3 Å². The maximum absolute atomic E-state index is 12.4. The Labute approximate surface area is 148 Å². The van der Waals surface area contributed by atoms with E-state index in [2.05, 4.69) is 10.6 Å². The smallest absolute Gasteiger partial charge is 0.255 e. The fourth-order valence-corrected chi connectivity index (χ4v) is 2.34. The maximum atomic E-state index is 12.4. The van der Waals surface area contributed by atoms with Crippen LogP contribution in [-0.2, 0) is 4.74 Å². The fraction of sp³-hybridized carbons (Fsp3) is 0.300. The Morgan fingerprint density at radius 3 is 2.36 bits per heavy atom. The number of carbonyl (C=O) groups is 2. The van der Waals surface area contributed by atoms with Crippen molar-refractivity contribution in [2.45, 2.75) is 20.3 Å². The molecule has 2 amide bonds. The molecule has 0 saturated heterocycles. The summed E-state index contributed by atoms with van der Waals surface area (Å²) in [6.07, 6.45) is 0.745. The second-order valence-corrected chi connectivity index (χ2v) is 5.94. The lowest BCUT2D eigenvalue weighted by molar-refractivity contribution is 0.0948. The number of aryl methyl sites for hydroxylation is 2. The Hall–Kier alpha value is -2.66. The second kappa shape index (κ2) is 8.99. The molecular formula is C20H24N2O3. The van der Waals surface area contributed by atoms with Crippen molar-refractivity contribution in [3.8, 4) is 0 Å². The number of carbonyl (C=O) groups excluding carboxylic acids is 2. The van der Waals surface area contributed by atoms with Crippen LogP contribution in [0, 0.1) is 13.8 Å². The van der Waals surface area contributed by atoms with Gasteiger partial charge in [-0.25, -0.2) is 0 Å². The van der Waals surface area contributed by atoms with Gasteiger partial charge < -0.3 is 15.4 Å². The lowest BCUT2D eigenvalue weighted by Gasteiger charge is -2.09. The number of anilines is 1. The molecule has 25 heavy (non-hydrogen) atoms. The number of rotatable bonds is 7. The predicted octanol–water partition coefficient (Wildman–Crippen LogP) is 3.32. The number of nitrogens with one attached hydrogen (secondary N) is 2. The van der Waals surface area contributed by atoms with Crippen molar-refractivity contribution < 1.29 is 14.3 Å². The molecule has 2 N–H and O–H groups in total. The summed E-state index contributed by atoms with van der Waals surface area (Å²) >= 11 is 0. The van der Waals surface area contributed by atoms with Crippen molar-refractivity contribution in [1.29, 1.82) is 0 Å². The quantitative estimate of drug-likeness (QED) is 0.760. The van der Waals surface area contributed by atoms with Crippen molar-refractivity contribution >= 4 is 17.5 Å². The van der Waals surface area contributed by atoms with Crippen molar-refractivity contribution in [3.63, 3.8) is 0 Å². The van der Waals surface area contributed by atoms with Crippen LogP contribution in [0.3, 0.4) is 0 Å². The molecule has 2 rings (SSSR count). The highest BCUT2D eigenvalue weighted by Crippen LogP contribution is 2.15. The summed E-state index contributed by atoms with van der Waals surface area (Å²) in [6.45, 7) is 5.15. The molecule has 132 valence electrons. The maximum Gasteiger partial charge on any atom is 0.255 e. The van der Waals surface area contributed by atoms with Crippen LogP contribution in [-0.4, -0.2) is 32.1 Å². The third kappa shape index (κ3) is 5.43. The van der Waals surface area contributed by atoms with Crippen LogP contribution < -0.4 is 10.6 Å². The van der Waals surface area contributed by atoms with Gasteiger partial charge in [0.05, 0.1) is 0 Å². The van der Waals surface area contributed by atoms with Crippen molar-refractivity contribution in [1.82, 2.24) is 5.32 Å². The molecule has 2 aromatic carbocycles. The van der Waals surface area contributed by atoms with Crippen LogP contribution in [0.2, 0.25) is 0 Å². The van der Waals surface area contributed by atoms with Gasteiger partial charge >= 0.3 is 0 Å². The number of benzene rings is 2. The Bertz CT molecular complexity index is 756. The molecule has 2 aromatic rings.